The highest BCUT2D eigenvalue weighted by Gasteiger charge is 2.37. The van der Waals surface area contributed by atoms with Crippen LogP contribution in [0.3, 0.4) is 0 Å². The van der Waals surface area contributed by atoms with Crippen LogP contribution in [0.25, 0.3) is 0 Å². The van der Waals surface area contributed by atoms with Crippen LogP contribution in [0, 0.1) is 20.8 Å². The van der Waals surface area contributed by atoms with Gasteiger partial charge in [0.1, 0.15) is 5.25 Å². The Kier molecular flexibility index (Phi) is 5.65. The molecule has 1 fully saturated rings. The Morgan fingerprint density at radius 2 is 1.81 bits per heavy atom. The van der Waals surface area contributed by atoms with Crippen LogP contribution in [-0.4, -0.2) is 34.2 Å². The first-order chi connectivity index (χ1) is 12.8. The molecule has 0 aliphatic carbocycles. The fourth-order valence-corrected chi connectivity index (χ4v) is 4.13. The number of para-hydroxylation sites is 1. The van der Waals surface area contributed by atoms with Crippen molar-refractivity contribution in [2.24, 2.45) is 4.99 Å². The molecule has 2 amide bonds. The van der Waals surface area contributed by atoms with Crippen LogP contribution >= 0.6 is 11.8 Å². The van der Waals surface area contributed by atoms with Gasteiger partial charge in [-0.3, -0.25) is 14.5 Å². The number of hydrogen-bond donors (Lipinski definition) is 1. The van der Waals surface area contributed by atoms with Gasteiger partial charge in [-0.25, -0.2) is 4.99 Å². The Bertz CT molecular complexity index is 903. The zero-order valence-corrected chi connectivity index (χ0v) is 16.8. The van der Waals surface area contributed by atoms with Crippen LogP contribution in [0.15, 0.2) is 47.5 Å². The maximum absolute atomic E-state index is 12.5. The minimum atomic E-state index is -0.456. The monoisotopic (exact) mass is 381 g/mol. The van der Waals surface area contributed by atoms with Gasteiger partial charge in [0.25, 0.3) is 0 Å². The molecule has 0 radical (unpaired) electrons. The number of aliphatic imine (C=N–C) groups is 1. The van der Waals surface area contributed by atoms with Gasteiger partial charge in [-0.1, -0.05) is 42.1 Å². The maximum Gasteiger partial charge on any atom is 0.242 e. The van der Waals surface area contributed by atoms with Crippen LogP contribution in [0.2, 0.25) is 0 Å². The largest absolute Gasteiger partial charge is 0.326 e. The van der Waals surface area contributed by atoms with Crippen molar-refractivity contribution in [3.05, 3.63) is 59.2 Å². The topological polar surface area (TPSA) is 61.8 Å². The van der Waals surface area contributed by atoms with Gasteiger partial charge in [-0.15, -0.1) is 0 Å². The quantitative estimate of drug-likeness (QED) is 0.863. The molecule has 1 heterocycles. The predicted octanol–water partition coefficient (Wildman–Crippen LogP) is 4.20. The molecule has 1 saturated heterocycles. The molecule has 3 rings (SSSR count). The number of rotatable bonds is 4. The van der Waals surface area contributed by atoms with E-state index in [2.05, 4.69) is 10.3 Å². The lowest BCUT2D eigenvalue weighted by Gasteiger charge is -2.12. The molecule has 1 N–H and O–H groups in total. The molecule has 2 aromatic carbocycles. The Hall–Kier alpha value is -2.60. The smallest absolute Gasteiger partial charge is 0.242 e. The van der Waals surface area contributed by atoms with Crippen LogP contribution < -0.4 is 5.32 Å². The molecule has 1 aliphatic heterocycles. The first-order valence-electron chi connectivity index (χ1n) is 8.81. The van der Waals surface area contributed by atoms with Crippen molar-refractivity contribution in [3.8, 4) is 0 Å². The number of amides is 2. The summed E-state index contributed by atoms with van der Waals surface area (Å²) in [6, 6.07) is 13.7. The molecular formula is C21H23N3O2S. The van der Waals surface area contributed by atoms with E-state index in [-0.39, 0.29) is 18.2 Å². The second-order valence-corrected chi connectivity index (χ2v) is 7.93. The van der Waals surface area contributed by atoms with Gasteiger partial charge >= 0.3 is 0 Å². The lowest BCUT2D eigenvalue weighted by Crippen LogP contribution is -2.30. The average molecular weight is 382 g/mol. The van der Waals surface area contributed by atoms with E-state index in [1.54, 1.807) is 7.05 Å². The fourth-order valence-electron chi connectivity index (χ4n) is 2.98. The molecule has 0 spiro atoms. The van der Waals surface area contributed by atoms with E-state index in [9.17, 15) is 9.59 Å². The molecule has 2 aromatic rings. The third-order valence-corrected chi connectivity index (χ3v) is 5.71. The number of benzene rings is 2. The maximum atomic E-state index is 12.5. The fraction of sp³-hybridized carbons (Fsp3) is 0.286. The molecule has 1 atom stereocenters. The lowest BCUT2D eigenvalue weighted by molar-refractivity contribution is -0.127. The van der Waals surface area contributed by atoms with Crippen molar-refractivity contribution in [2.75, 3.05) is 12.4 Å². The van der Waals surface area contributed by atoms with Crippen LogP contribution in [0.4, 0.5) is 11.4 Å². The summed E-state index contributed by atoms with van der Waals surface area (Å²) in [6.45, 7) is 5.91. The SMILES string of the molecule is Cc1cccc(N=C2SC(CC(=O)Nc3c(C)cccc3C)C(=O)N2C)c1. The van der Waals surface area contributed by atoms with Gasteiger partial charge in [-0.05, 0) is 49.6 Å². The summed E-state index contributed by atoms with van der Waals surface area (Å²) in [4.78, 5) is 31.1. The van der Waals surface area contributed by atoms with Crippen molar-refractivity contribution in [3.63, 3.8) is 0 Å². The summed E-state index contributed by atoms with van der Waals surface area (Å²) < 4.78 is 0. The molecule has 1 unspecified atom stereocenters. The number of carbonyl (C=O) groups excluding carboxylic acids is 2. The Morgan fingerprint density at radius 1 is 1.15 bits per heavy atom. The van der Waals surface area contributed by atoms with Crippen LogP contribution in [0.5, 0.6) is 0 Å². The molecular weight excluding hydrogens is 358 g/mol. The molecule has 1 aliphatic rings. The van der Waals surface area contributed by atoms with Gasteiger partial charge in [0.15, 0.2) is 5.17 Å². The lowest BCUT2D eigenvalue weighted by atomic mass is 10.1. The zero-order chi connectivity index (χ0) is 19.6. The molecule has 27 heavy (non-hydrogen) atoms. The highest BCUT2D eigenvalue weighted by molar-refractivity contribution is 8.15. The summed E-state index contributed by atoms with van der Waals surface area (Å²) in [5.74, 6) is -0.258. The molecule has 140 valence electrons. The summed E-state index contributed by atoms with van der Waals surface area (Å²) in [5.41, 5.74) is 4.75. The van der Waals surface area contributed by atoms with Gasteiger partial charge in [0.05, 0.1) is 5.69 Å². The summed E-state index contributed by atoms with van der Waals surface area (Å²) in [5, 5.41) is 3.12. The van der Waals surface area contributed by atoms with Crippen LogP contribution in [-0.2, 0) is 9.59 Å². The van der Waals surface area contributed by atoms with Crippen molar-refractivity contribution in [2.45, 2.75) is 32.4 Å². The molecule has 0 saturated carbocycles. The zero-order valence-electron chi connectivity index (χ0n) is 15.9. The van der Waals surface area contributed by atoms with Crippen molar-refractivity contribution in [1.29, 1.82) is 0 Å². The second kappa shape index (κ2) is 7.96. The minimum Gasteiger partial charge on any atom is -0.326 e. The highest BCUT2D eigenvalue weighted by Crippen LogP contribution is 2.31. The van der Waals surface area contributed by atoms with Gasteiger partial charge in [0, 0.05) is 19.2 Å². The molecule has 0 bridgehead atoms. The summed E-state index contributed by atoms with van der Waals surface area (Å²) in [7, 11) is 1.70. The first kappa shape index (κ1) is 19.2. The van der Waals surface area contributed by atoms with E-state index in [1.807, 2.05) is 63.2 Å². The van der Waals surface area contributed by atoms with Gasteiger partial charge in [-0.2, -0.15) is 0 Å². The Morgan fingerprint density at radius 3 is 2.48 bits per heavy atom. The number of hydrogen-bond acceptors (Lipinski definition) is 4. The average Bonchev–Trinajstić information content (AvgIpc) is 2.86. The van der Waals surface area contributed by atoms with E-state index in [0.717, 1.165) is 28.1 Å². The molecule has 0 aromatic heterocycles. The standard InChI is InChI=1S/C21H23N3O2S/c1-13-7-5-10-16(11-13)22-21-24(4)20(26)17(27-21)12-18(25)23-19-14(2)8-6-9-15(19)3/h5-11,17H,12H2,1-4H3,(H,23,25). The predicted molar refractivity (Wildman–Crippen MR) is 112 cm³/mol. The third kappa shape index (κ3) is 4.39. The number of carbonyl (C=O) groups is 2. The number of aryl methyl sites for hydroxylation is 3. The van der Waals surface area contributed by atoms with E-state index < -0.39 is 5.25 Å². The van der Waals surface area contributed by atoms with Crippen molar-refractivity contribution < 1.29 is 9.59 Å². The number of anilines is 1. The number of nitrogens with zero attached hydrogens (tertiary/aromatic N) is 2. The van der Waals surface area contributed by atoms with E-state index in [4.69, 9.17) is 0 Å². The van der Waals surface area contributed by atoms with Gasteiger partial charge < -0.3 is 5.32 Å². The summed E-state index contributed by atoms with van der Waals surface area (Å²) in [6.07, 6.45) is 0.119. The Labute approximate surface area is 163 Å². The molecule has 6 heteroatoms. The number of amidine groups is 1. The number of thioether (sulfide) groups is 1. The normalized spacial score (nSPS) is 18.2. The van der Waals surface area contributed by atoms with Gasteiger partial charge in [0.2, 0.25) is 11.8 Å². The van der Waals surface area contributed by atoms with E-state index in [0.29, 0.717) is 5.17 Å². The first-order valence-corrected chi connectivity index (χ1v) is 9.69. The Balaban J connectivity index is 1.71. The second-order valence-electron chi connectivity index (χ2n) is 6.76. The van der Waals surface area contributed by atoms with Crippen molar-refractivity contribution in [1.82, 2.24) is 4.90 Å². The van der Waals surface area contributed by atoms with Crippen LogP contribution in [0.1, 0.15) is 23.1 Å². The third-order valence-electron chi connectivity index (χ3n) is 4.48. The minimum absolute atomic E-state index is 0.0944. The van der Waals surface area contributed by atoms with Crippen molar-refractivity contribution >= 4 is 40.1 Å². The van der Waals surface area contributed by atoms with E-state index >= 15 is 0 Å². The number of nitrogens with one attached hydrogen (secondary N) is 1. The molecule has 5 nitrogen and oxygen atoms in total. The highest BCUT2D eigenvalue weighted by atomic mass is 32.2. The summed E-state index contributed by atoms with van der Waals surface area (Å²) >= 11 is 1.34. The van der Waals surface area contributed by atoms with E-state index in [1.165, 1.54) is 16.7 Å².